The van der Waals surface area contributed by atoms with Gasteiger partial charge in [-0.3, -0.25) is 4.79 Å². The Kier molecular flexibility index (Phi) is 2.33. The molecule has 6 nitrogen and oxygen atoms in total. The lowest BCUT2D eigenvalue weighted by Crippen LogP contribution is -2.21. The van der Waals surface area contributed by atoms with Gasteiger partial charge >= 0.3 is 0 Å². The normalized spacial score (nSPS) is 10.9. The molecule has 0 fully saturated rings. The molecule has 3 rings (SSSR count). The van der Waals surface area contributed by atoms with Crippen molar-refractivity contribution in [3.05, 3.63) is 58.9 Å². The second-order valence-electron chi connectivity index (χ2n) is 3.98. The Labute approximate surface area is 102 Å². The van der Waals surface area contributed by atoms with Crippen molar-refractivity contribution in [3.63, 3.8) is 0 Å². The lowest BCUT2D eigenvalue weighted by molar-refractivity contribution is 0.742. The second-order valence-corrected chi connectivity index (χ2v) is 3.98. The highest BCUT2D eigenvalue weighted by atomic mass is 16.1. The number of pyridine rings is 1. The molecule has 0 atom stereocenters. The van der Waals surface area contributed by atoms with Gasteiger partial charge in [-0.15, -0.1) is 0 Å². The zero-order valence-corrected chi connectivity index (χ0v) is 9.52. The van der Waals surface area contributed by atoms with E-state index in [0.717, 1.165) is 5.56 Å². The molecular formula is C12H11N5O. The van der Waals surface area contributed by atoms with Crippen LogP contribution < -0.4 is 11.3 Å². The smallest absolute Gasteiger partial charge is 0.276 e. The van der Waals surface area contributed by atoms with Crippen LogP contribution in [0.15, 0.2) is 47.8 Å². The van der Waals surface area contributed by atoms with E-state index in [2.05, 4.69) is 10.1 Å². The quantitative estimate of drug-likeness (QED) is 0.709. The van der Waals surface area contributed by atoms with E-state index in [0.29, 0.717) is 17.9 Å². The Morgan fingerprint density at radius 1 is 1.22 bits per heavy atom. The first-order valence-corrected chi connectivity index (χ1v) is 5.47. The molecule has 6 heteroatoms. The number of fused-ring (bicyclic) bond motifs is 1. The Morgan fingerprint density at radius 2 is 2.11 bits per heavy atom. The van der Waals surface area contributed by atoms with E-state index in [1.165, 1.54) is 0 Å². The average Bonchev–Trinajstić information content (AvgIpc) is 2.82. The van der Waals surface area contributed by atoms with Crippen molar-refractivity contribution in [2.75, 3.05) is 5.73 Å². The summed E-state index contributed by atoms with van der Waals surface area (Å²) in [6.45, 7) is 0.466. The Bertz CT molecular complexity index is 758. The molecule has 18 heavy (non-hydrogen) atoms. The van der Waals surface area contributed by atoms with Gasteiger partial charge in [-0.1, -0.05) is 0 Å². The van der Waals surface area contributed by atoms with E-state index in [9.17, 15) is 4.79 Å². The lowest BCUT2D eigenvalue weighted by atomic mass is 10.2. The van der Waals surface area contributed by atoms with Gasteiger partial charge in [0.15, 0.2) is 0 Å². The molecule has 90 valence electrons. The number of aromatic nitrogens is 4. The zero-order chi connectivity index (χ0) is 12.5. The van der Waals surface area contributed by atoms with Gasteiger partial charge in [-0.25, -0.2) is 9.50 Å². The van der Waals surface area contributed by atoms with Crippen molar-refractivity contribution < 1.29 is 0 Å². The van der Waals surface area contributed by atoms with E-state index < -0.39 is 0 Å². The van der Waals surface area contributed by atoms with Crippen LogP contribution >= 0.6 is 0 Å². The molecule has 0 aromatic carbocycles. The van der Waals surface area contributed by atoms with Crippen molar-refractivity contribution in [2.45, 2.75) is 6.54 Å². The molecular weight excluding hydrogens is 230 g/mol. The largest absolute Gasteiger partial charge is 0.384 e. The molecule has 0 aliphatic carbocycles. The van der Waals surface area contributed by atoms with Crippen LogP contribution in [-0.4, -0.2) is 19.2 Å². The minimum Gasteiger partial charge on any atom is -0.384 e. The van der Waals surface area contributed by atoms with Crippen LogP contribution in [0.25, 0.3) is 5.52 Å². The Balaban J connectivity index is 2.05. The van der Waals surface area contributed by atoms with Crippen molar-refractivity contribution in [1.82, 2.24) is 19.2 Å². The average molecular weight is 241 g/mol. The first kappa shape index (κ1) is 10.5. The molecule has 0 saturated heterocycles. The van der Waals surface area contributed by atoms with Crippen molar-refractivity contribution >= 4 is 11.3 Å². The van der Waals surface area contributed by atoms with Gasteiger partial charge < -0.3 is 10.3 Å². The van der Waals surface area contributed by atoms with Crippen molar-refractivity contribution in [2.24, 2.45) is 0 Å². The van der Waals surface area contributed by atoms with E-state index in [-0.39, 0.29) is 5.56 Å². The summed E-state index contributed by atoms with van der Waals surface area (Å²) in [6, 6.07) is 5.29. The van der Waals surface area contributed by atoms with Gasteiger partial charge in [0.05, 0.1) is 12.7 Å². The van der Waals surface area contributed by atoms with E-state index >= 15 is 0 Å². The maximum atomic E-state index is 12.1. The van der Waals surface area contributed by atoms with Gasteiger partial charge in [0.1, 0.15) is 11.3 Å². The third kappa shape index (κ3) is 1.73. The maximum absolute atomic E-state index is 12.1. The van der Waals surface area contributed by atoms with Crippen molar-refractivity contribution in [3.8, 4) is 0 Å². The number of nitrogens with zero attached hydrogens (tertiary/aromatic N) is 4. The summed E-state index contributed by atoms with van der Waals surface area (Å²) in [5.74, 6) is 0.450. The molecule has 3 aromatic rings. The molecule has 0 amide bonds. The lowest BCUT2D eigenvalue weighted by Gasteiger charge is -2.06. The summed E-state index contributed by atoms with van der Waals surface area (Å²) in [5, 5.41) is 4.02. The van der Waals surface area contributed by atoms with Gasteiger partial charge in [-0.05, 0) is 23.8 Å². The van der Waals surface area contributed by atoms with Crippen LogP contribution in [0.5, 0.6) is 0 Å². The molecule has 0 unspecified atom stereocenters. The number of rotatable bonds is 2. The highest BCUT2D eigenvalue weighted by Crippen LogP contribution is 2.05. The summed E-state index contributed by atoms with van der Waals surface area (Å²) in [4.78, 5) is 16.1. The topological polar surface area (TPSA) is 78.2 Å². The van der Waals surface area contributed by atoms with Crippen molar-refractivity contribution in [1.29, 1.82) is 0 Å². The molecule has 0 spiro atoms. The number of nitrogen functional groups attached to an aromatic ring is 1. The third-order valence-electron chi connectivity index (χ3n) is 2.74. The highest BCUT2D eigenvalue weighted by Gasteiger charge is 2.04. The summed E-state index contributed by atoms with van der Waals surface area (Å²) in [7, 11) is 0. The molecule has 3 heterocycles. The van der Waals surface area contributed by atoms with E-state index in [1.807, 2.05) is 6.07 Å². The predicted molar refractivity (Wildman–Crippen MR) is 67.2 cm³/mol. The van der Waals surface area contributed by atoms with Crippen LogP contribution in [0.1, 0.15) is 5.56 Å². The molecule has 3 aromatic heterocycles. The summed E-state index contributed by atoms with van der Waals surface area (Å²) < 4.78 is 3.17. The van der Waals surface area contributed by atoms with Crippen LogP contribution in [0.2, 0.25) is 0 Å². The SMILES string of the molecule is Nc1cc(Cn2ccn3nccc3c2=O)ccn1. The first-order valence-electron chi connectivity index (χ1n) is 5.47. The molecule has 0 aliphatic heterocycles. The highest BCUT2D eigenvalue weighted by molar-refractivity contribution is 5.42. The monoisotopic (exact) mass is 241 g/mol. The fourth-order valence-electron chi connectivity index (χ4n) is 1.87. The van der Waals surface area contributed by atoms with Gasteiger partial charge in [0.25, 0.3) is 5.56 Å². The number of nitrogens with two attached hydrogens (primary N) is 1. The fraction of sp³-hybridized carbons (Fsp3) is 0.0833. The summed E-state index contributed by atoms with van der Waals surface area (Å²) >= 11 is 0. The summed E-state index contributed by atoms with van der Waals surface area (Å²) in [5.41, 5.74) is 7.03. The van der Waals surface area contributed by atoms with Crippen LogP contribution in [0.3, 0.4) is 0 Å². The molecule has 0 aliphatic rings. The minimum absolute atomic E-state index is 0.0783. The molecule has 0 radical (unpaired) electrons. The number of hydrogen-bond donors (Lipinski definition) is 1. The van der Waals surface area contributed by atoms with Gasteiger partial charge in [0.2, 0.25) is 0 Å². The van der Waals surface area contributed by atoms with E-state index in [1.54, 1.807) is 46.0 Å². The first-order chi connectivity index (χ1) is 8.74. The molecule has 0 bridgehead atoms. The third-order valence-corrected chi connectivity index (χ3v) is 2.74. The van der Waals surface area contributed by atoms with Crippen LogP contribution in [0.4, 0.5) is 5.82 Å². The number of hydrogen-bond acceptors (Lipinski definition) is 4. The van der Waals surface area contributed by atoms with Crippen LogP contribution in [0, 0.1) is 0 Å². The van der Waals surface area contributed by atoms with Crippen LogP contribution in [-0.2, 0) is 6.54 Å². The predicted octanol–water partition coefficient (Wildman–Crippen LogP) is 0.521. The molecule has 0 saturated carbocycles. The zero-order valence-electron chi connectivity index (χ0n) is 9.52. The summed E-state index contributed by atoms with van der Waals surface area (Å²) in [6.07, 6.45) is 6.69. The second kappa shape index (κ2) is 3.99. The number of anilines is 1. The Hall–Kier alpha value is -2.63. The van der Waals surface area contributed by atoms with Gasteiger partial charge in [-0.2, -0.15) is 5.10 Å². The van der Waals surface area contributed by atoms with E-state index in [4.69, 9.17) is 5.73 Å². The Morgan fingerprint density at radius 3 is 2.94 bits per heavy atom. The van der Waals surface area contributed by atoms with Gasteiger partial charge in [0, 0.05) is 18.6 Å². The maximum Gasteiger partial charge on any atom is 0.276 e. The fourth-order valence-corrected chi connectivity index (χ4v) is 1.87. The molecule has 2 N–H and O–H groups in total. The minimum atomic E-state index is -0.0783. The standard InChI is InChI=1S/C12H11N5O/c13-11-7-9(1-3-14-11)8-16-5-6-17-10(12(16)18)2-4-15-17/h1-7H,8H2,(H2,13,14).